The number of nitrogens with zero attached hydrogens (tertiary/aromatic N) is 1. The number of aromatic amines is 1. The van der Waals surface area contributed by atoms with E-state index in [4.69, 9.17) is 11.6 Å². The monoisotopic (exact) mass is 341 g/mol. The number of sulfonamides is 1. The van der Waals surface area contributed by atoms with Crippen molar-refractivity contribution in [3.63, 3.8) is 0 Å². The van der Waals surface area contributed by atoms with E-state index in [1.54, 1.807) is 24.7 Å². The van der Waals surface area contributed by atoms with Crippen molar-refractivity contribution in [3.8, 4) is 0 Å². The van der Waals surface area contributed by atoms with Gasteiger partial charge in [-0.3, -0.25) is 0 Å². The molecule has 0 aliphatic heterocycles. The molecule has 1 aromatic heterocycles. The largest absolute Gasteiger partial charge is 0.348 e. The summed E-state index contributed by atoms with van der Waals surface area (Å²) in [4.78, 5) is 6.98. The lowest BCUT2D eigenvalue weighted by atomic mass is 10.2. The standard InChI is InChI=1S/C15H20ClN3O2S/c16-14-7-5-13(6-8-14)10-19-22(20,21)9-3-1-2-4-15-11-17-12-18-15/h5-8,11-12,19H,1-4,9-10H2,(H,17,18). The maximum absolute atomic E-state index is 11.9. The third-order valence-electron chi connectivity index (χ3n) is 3.32. The van der Waals surface area contributed by atoms with Crippen molar-refractivity contribution < 1.29 is 8.42 Å². The van der Waals surface area contributed by atoms with Gasteiger partial charge in [0.05, 0.1) is 12.1 Å². The molecule has 0 unspecified atom stereocenters. The van der Waals surface area contributed by atoms with Crippen LogP contribution >= 0.6 is 11.6 Å². The van der Waals surface area contributed by atoms with E-state index in [0.717, 1.165) is 30.5 Å². The molecule has 0 aliphatic rings. The molecule has 5 nitrogen and oxygen atoms in total. The molecule has 0 amide bonds. The number of hydrogen-bond donors (Lipinski definition) is 2. The van der Waals surface area contributed by atoms with Crippen molar-refractivity contribution in [1.82, 2.24) is 14.7 Å². The average molecular weight is 342 g/mol. The molecule has 2 rings (SSSR count). The molecule has 120 valence electrons. The molecule has 0 spiro atoms. The smallest absolute Gasteiger partial charge is 0.211 e. The van der Waals surface area contributed by atoms with Gasteiger partial charge >= 0.3 is 0 Å². The van der Waals surface area contributed by atoms with Gasteiger partial charge in [-0.25, -0.2) is 18.1 Å². The number of nitrogens with one attached hydrogen (secondary N) is 2. The molecule has 2 aromatic rings. The van der Waals surface area contributed by atoms with Gasteiger partial charge in [0.2, 0.25) is 10.0 Å². The Morgan fingerprint density at radius 2 is 1.91 bits per heavy atom. The normalized spacial score (nSPS) is 11.7. The Morgan fingerprint density at radius 1 is 1.14 bits per heavy atom. The third-order valence-corrected chi connectivity index (χ3v) is 4.99. The molecule has 22 heavy (non-hydrogen) atoms. The zero-order valence-corrected chi connectivity index (χ0v) is 13.8. The van der Waals surface area contributed by atoms with Crippen LogP contribution in [-0.4, -0.2) is 24.1 Å². The Morgan fingerprint density at radius 3 is 2.59 bits per heavy atom. The van der Waals surface area contributed by atoms with E-state index < -0.39 is 10.0 Å². The van der Waals surface area contributed by atoms with E-state index in [1.165, 1.54) is 0 Å². The fourth-order valence-electron chi connectivity index (χ4n) is 2.07. The quantitative estimate of drug-likeness (QED) is 0.689. The van der Waals surface area contributed by atoms with Crippen LogP contribution in [0, 0.1) is 0 Å². The molecule has 0 atom stereocenters. The highest BCUT2D eigenvalue weighted by Crippen LogP contribution is 2.10. The van der Waals surface area contributed by atoms with Crippen molar-refractivity contribution in [1.29, 1.82) is 0 Å². The first-order valence-corrected chi connectivity index (χ1v) is 9.27. The molecule has 2 N–H and O–H groups in total. The van der Waals surface area contributed by atoms with Gasteiger partial charge in [0.25, 0.3) is 0 Å². The Balaban J connectivity index is 1.64. The summed E-state index contributed by atoms with van der Waals surface area (Å²) in [5.41, 5.74) is 1.98. The van der Waals surface area contributed by atoms with Gasteiger partial charge in [-0.05, 0) is 37.0 Å². The fourth-order valence-corrected chi connectivity index (χ4v) is 3.31. The van der Waals surface area contributed by atoms with Crippen LogP contribution in [0.15, 0.2) is 36.8 Å². The van der Waals surface area contributed by atoms with E-state index in [9.17, 15) is 8.42 Å². The molecule has 0 bridgehead atoms. The minimum Gasteiger partial charge on any atom is -0.348 e. The summed E-state index contributed by atoms with van der Waals surface area (Å²) in [6, 6.07) is 7.13. The Hall–Kier alpha value is -1.37. The Kier molecular flexibility index (Phi) is 6.42. The summed E-state index contributed by atoms with van der Waals surface area (Å²) < 4.78 is 26.4. The van der Waals surface area contributed by atoms with Crippen molar-refractivity contribution >= 4 is 21.6 Å². The highest BCUT2D eigenvalue weighted by molar-refractivity contribution is 7.89. The van der Waals surface area contributed by atoms with Gasteiger partial charge < -0.3 is 4.98 Å². The van der Waals surface area contributed by atoms with Crippen molar-refractivity contribution in [3.05, 3.63) is 53.1 Å². The summed E-state index contributed by atoms with van der Waals surface area (Å²) in [6.45, 7) is 0.299. The van der Waals surface area contributed by atoms with Crippen LogP contribution < -0.4 is 4.72 Å². The number of hydrogen-bond acceptors (Lipinski definition) is 3. The number of H-pyrrole nitrogens is 1. The predicted molar refractivity (Wildman–Crippen MR) is 88.2 cm³/mol. The van der Waals surface area contributed by atoms with Crippen LogP contribution in [0.3, 0.4) is 0 Å². The van der Waals surface area contributed by atoms with Crippen LogP contribution in [0.2, 0.25) is 5.02 Å². The topological polar surface area (TPSA) is 74.8 Å². The van der Waals surface area contributed by atoms with Gasteiger partial charge in [-0.2, -0.15) is 0 Å². The summed E-state index contributed by atoms with van der Waals surface area (Å²) in [5, 5.41) is 0.642. The number of unbranched alkanes of at least 4 members (excludes halogenated alkanes) is 2. The minimum atomic E-state index is -3.23. The number of aryl methyl sites for hydroxylation is 1. The van der Waals surface area contributed by atoms with Gasteiger partial charge in [-0.1, -0.05) is 30.2 Å². The lowest BCUT2D eigenvalue weighted by Crippen LogP contribution is -2.25. The van der Waals surface area contributed by atoms with E-state index >= 15 is 0 Å². The number of aromatic nitrogens is 2. The number of benzene rings is 1. The number of imidazole rings is 1. The van der Waals surface area contributed by atoms with Crippen LogP contribution in [0.1, 0.15) is 30.5 Å². The molecule has 1 aromatic carbocycles. The average Bonchev–Trinajstić information content (AvgIpc) is 3.00. The highest BCUT2D eigenvalue weighted by Gasteiger charge is 2.09. The first-order valence-electron chi connectivity index (χ1n) is 7.24. The molecule has 0 saturated carbocycles. The van der Waals surface area contributed by atoms with E-state index in [-0.39, 0.29) is 5.75 Å². The molecule has 1 heterocycles. The van der Waals surface area contributed by atoms with Crippen molar-refractivity contribution in [2.75, 3.05) is 5.75 Å². The highest BCUT2D eigenvalue weighted by atomic mass is 35.5. The van der Waals surface area contributed by atoms with Gasteiger partial charge in [-0.15, -0.1) is 0 Å². The lowest BCUT2D eigenvalue weighted by Gasteiger charge is -2.07. The Labute approximate surface area is 136 Å². The zero-order chi connectivity index (χ0) is 15.8. The van der Waals surface area contributed by atoms with Crippen molar-refractivity contribution in [2.45, 2.75) is 32.2 Å². The van der Waals surface area contributed by atoms with Gasteiger partial charge in [0.1, 0.15) is 0 Å². The molecular weight excluding hydrogens is 322 g/mol. The summed E-state index contributed by atoms with van der Waals surface area (Å²) in [7, 11) is -3.23. The van der Waals surface area contributed by atoms with Crippen LogP contribution in [0.4, 0.5) is 0 Å². The second kappa shape index (κ2) is 8.31. The lowest BCUT2D eigenvalue weighted by molar-refractivity contribution is 0.575. The Bertz CT molecular complexity index is 655. The molecule has 0 fully saturated rings. The van der Waals surface area contributed by atoms with Crippen molar-refractivity contribution in [2.24, 2.45) is 0 Å². The molecule has 0 aliphatic carbocycles. The van der Waals surface area contributed by atoms with Crippen LogP contribution in [-0.2, 0) is 23.0 Å². The number of rotatable bonds is 9. The molecule has 0 radical (unpaired) electrons. The molecular formula is C15H20ClN3O2S. The van der Waals surface area contributed by atoms with Gasteiger partial charge in [0, 0.05) is 23.5 Å². The SMILES string of the molecule is O=S(=O)(CCCCCc1cnc[nH]1)NCc1ccc(Cl)cc1. The predicted octanol–water partition coefficient (Wildman–Crippen LogP) is 2.90. The van der Waals surface area contributed by atoms with Crippen LogP contribution in [0.5, 0.6) is 0 Å². The second-order valence-corrected chi connectivity index (χ2v) is 7.52. The zero-order valence-electron chi connectivity index (χ0n) is 12.3. The summed E-state index contributed by atoms with van der Waals surface area (Å²) >= 11 is 5.79. The first-order chi connectivity index (χ1) is 10.6. The van der Waals surface area contributed by atoms with Crippen LogP contribution in [0.25, 0.3) is 0 Å². The summed E-state index contributed by atoms with van der Waals surface area (Å²) in [6.07, 6.45) is 6.84. The van der Waals surface area contributed by atoms with E-state index in [0.29, 0.717) is 18.0 Å². The molecule has 0 saturated heterocycles. The number of halogens is 1. The van der Waals surface area contributed by atoms with E-state index in [1.807, 2.05) is 12.1 Å². The summed E-state index contributed by atoms with van der Waals surface area (Å²) in [5.74, 6) is 0.156. The maximum Gasteiger partial charge on any atom is 0.211 e. The van der Waals surface area contributed by atoms with Gasteiger partial charge in [0.15, 0.2) is 0 Å². The minimum absolute atomic E-state index is 0.156. The second-order valence-electron chi connectivity index (χ2n) is 5.15. The fraction of sp³-hybridized carbons (Fsp3) is 0.400. The molecule has 7 heteroatoms. The first kappa shape index (κ1) is 17.0. The third kappa shape index (κ3) is 6.17. The van der Waals surface area contributed by atoms with E-state index in [2.05, 4.69) is 14.7 Å². The maximum atomic E-state index is 11.9.